The first-order chi connectivity index (χ1) is 9.74. The molecule has 0 bridgehead atoms. The van der Waals surface area contributed by atoms with Crippen molar-refractivity contribution in [3.05, 3.63) is 36.3 Å². The van der Waals surface area contributed by atoms with Crippen molar-refractivity contribution in [1.29, 1.82) is 0 Å². The Labute approximate surface area is 119 Å². The van der Waals surface area contributed by atoms with Crippen LogP contribution in [0.4, 0.5) is 4.79 Å². The standard InChI is InChI=1S/C15H16BN3O/c16-15(20)19-8-3-5-11(7-9-19)14-17-10-12-4-1-2-6-13(12)18-14/h1-2,4,6,10-11H,3,5,7-9H2. The Morgan fingerprint density at radius 3 is 2.95 bits per heavy atom. The maximum atomic E-state index is 11.2. The van der Waals surface area contributed by atoms with Gasteiger partial charge in [0.1, 0.15) is 5.82 Å². The average molecular weight is 265 g/mol. The summed E-state index contributed by atoms with van der Waals surface area (Å²) in [5.41, 5.74) is 0.980. The third-order valence-electron chi connectivity index (χ3n) is 3.91. The normalized spacial score (nSPS) is 19.8. The van der Waals surface area contributed by atoms with Gasteiger partial charge >= 0.3 is 0 Å². The largest absolute Gasteiger partial charge is 0.353 e. The molecule has 1 amide bonds. The number of hydrogen-bond acceptors (Lipinski definition) is 3. The van der Waals surface area contributed by atoms with E-state index < -0.39 is 0 Å². The SMILES string of the molecule is [B]C(=O)N1CCCC(c2ncc3ccccc3n2)CC1. The highest BCUT2D eigenvalue weighted by Crippen LogP contribution is 2.26. The van der Waals surface area contributed by atoms with E-state index in [4.69, 9.17) is 7.85 Å². The molecule has 0 spiro atoms. The van der Waals surface area contributed by atoms with E-state index in [0.717, 1.165) is 42.5 Å². The summed E-state index contributed by atoms with van der Waals surface area (Å²) in [6.45, 7) is 1.43. The molecule has 2 heterocycles. The number of carbonyl (C=O) groups is 1. The van der Waals surface area contributed by atoms with Crippen molar-refractivity contribution in [2.75, 3.05) is 13.1 Å². The number of likely N-dealkylation sites (tertiary alicyclic amines) is 1. The van der Waals surface area contributed by atoms with Crippen molar-refractivity contribution < 1.29 is 4.79 Å². The molecule has 1 unspecified atom stereocenters. The van der Waals surface area contributed by atoms with Crippen LogP contribution in [0, 0.1) is 0 Å². The van der Waals surface area contributed by atoms with Crippen LogP contribution in [0.3, 0.4) is 0 Å². The summed E-state index contributed by atoms with van der Waals surface area (Å²) in [4.78, 5) is 22.1. The quantitative estimate of drug-likeness (QED) is 0.744. The first-order valence-corrected chi connectivity index (χ1v) is 7.00. The van der Waals surface area contributed by atoms with Crippen molar-refractivity contribution in [2.24, 2.45) is 0 Å². The molecule has 100 valence electrons. The fourth-order valence-electron chi connectivity index (χ4n) is 2.76. The van der Waals surface area contributed by atoms with E-state index in [1.54, 1.807) is 4.90 Å². The Hall–Kier alpha value is -1.91. The number of benzene rings is 1. The van der Waals surface area contributed by atoms with E-state index >= 15 is 0 Å². The van der Waals surface area contributed by atoms with Crippen LogP contribution in [-0.2, 0) is 0 Å². The lowest BCUT2D eigenvalue weighted by molar-refractivity contribution is 0.223. The lowest BCUT2D eigenvalue weighted by Crippen LogP contribution is -2.30. The lowest BCUT2D eigenvalue weighted by atomic mass is 9.99. The molecule has 1 fully saturated rings. The van der Waals surface area contributed by atoms with Gasteiger partial charge in [-0.25, -0.2) is 9.97 Å². The molecule has 4 nitrogen and oxygen atoms in total. The summed E-state index contributed by atoms with van der Waals surface area (Å²) in [7, 11) is 5.35. The molecule has 3 rings (SSSR count). The second-order valence-electron chi connectivity index (χ2n) is 5.24. The van der Waals surface area contributed by atoms with Crippen LogP contribution in [0.2, 0.25) is 0 Å². The number of aromatic nitrogens is 2. The van der Waals surface area contributed by atoms with E-state index in [0.29, 0.717) is 12.5 Å². The number of nitrogens with zero attached hydrogens (tertiary/aromatic N) is 3. The van der Waals surface area contributed by atoms with Gasteiger partial charge in [-0.1, -0.05) is 18.2 Å². The predicted molar refractivity (Wildman–Crippen MR) is 78.9 cm³/mol. The van der Waals surface area contributed by atoms with Gasteiger partial charge in [0.25, 0.3) is 0 Å². The van der Waals surface area contributed by atoms with Gasteiger partial charge < -0.3 is 4.90 Å². The van der Waals surface area contributed by atoms with Gasteiger partial charge in [-0.3, -0.25) is 4.79 Å². The van der Waals surface area contributed by atoms with Crippen molar-refractivity contribution in [3.8, 4) is 0 Å². The van der Waals surface area contributed by atoms with Gasteiger partial charge in [0.15, 0.2) is 5.81 Å². The maximum Gasteiger partial charge on any atom is 0.200 e. The minimum absolute atomic E-state index is 0.309. The predicted octanol–water partition coefficient (Wildman–Crippen LogP) is 2.49. The molecule has 0 N–H and O–H groups in total. The number of rotatable bonds is 1. The van der Waals surface area contributed by atoms with E-state index in [1.807, 2.05) is 30.5 Å². The zero-order valence-electron chi connectivity index (χ0n) is 11.3. The first kappa shape index (κ1) is 13.1. The molecule has 0 aliphatic carbocycles. The van der Waals surface area contributed by atoms with E-state index in [1.165, 1.54) is 0 Å². The molecule has 1 atom stereocenters. The Morgan fingerprint density at radius 2 is 2.10 bits per heavy atom. The van der Waals surface area contributed by atoms with E-state index in [2.05, 4.69) is 9.97 Å². The van der Waals surface area contributed by atoms with Crippen LogP contribution >= 0.6 is 0 Å². The average Bonchev–Trinajstić information content (AvgIpc) is 2.73. The molecule has 1 aromatic carbocycles. The highest BCUT2D eigenvalue weighted by Gasteiger charge is 2.21. The highest BCUT2D eigenvalue weighted by atomic mass is 16.1. The van der Waals surface area contributed by atoms with Crippen molar-refractivity contribution in [3.63, 3.8) is 0 Å². The van der Waals surface area contributed by atoms with Gasteiger partial charge in [-0.05, 0) is 25.3 Å². The fourth-order valence-corrected chi connectivity index (χ4v) is 2.76. The van der Waals surface area contributed by atoms with Crippen LogP contribution in [0.1, 0.15) is 31.0 Å². The number of hydrogen-bond donors (Lipinski definition) is 0. The Morgan fingerprint density at radius 1 is 1.25 bits per heavy atom. The summed E-state index contributed by atoms with van der Waals surface area (Å²) in [5, 5.41) is 1.06. The van der Waals surface area contributed by atoms with Gasteiger partial charge in [0.2, 0.25) is 7.85 Å². The molecule has 20 heavy (non-hydrogen) atoms. The third kappa shape index (κ3) is 2.67. The third-order valence-corrected chi connectivity index (χ3v) is 3.91. The van der Waals surface area contributed by atoms with Crippen LogP contribution in [0.15, 0.2) is 30.5 Å². The zero-order valence-corrected chi connectivity index (χ0v) is 11.3. The molecule has 2 aromatic rings. The number of para-hydroxylation sites is 1. The molecule has 0 saturated carbocycles. The van der Waals surface area contributed by atoms with Crippen LogP contribution in [0.5, 0.6) is 0 Å². The smallest absolute Gasteiger partial charge is 0.200 e. The Kier molecular flexibility index (Phi) is 3.67. The minimum Gasteiger partial charge on any atom is -0.353 e. The van der Waals surface area contributed by atoms with E-state index in [9.17, 15) is 4.79 Å². The summed E-state index contributed by atoms with van der Waals surface area (Å²) in [5.74, 6) is 0.865. The topological polar surface area (TPSA) is 46.1 Å². The lowest BCUT2D eigenvalue weighted by Gasteiger charge is -2.18. The molecule has 1 aliphatic heterocycles. The number of amides is 1. The monoisotopic (exact) mass is 265 g/mol. The zero-order chi connectivity index (χ0) is 13.9. The van der Waals surface area contributed by atoms with Crippen LogP contribution in [-0.4, -0.2) is 41.6 Å². The summed E-state index contributed by atoms with van der Waals surface area (Å²) < 4.78 is 0. The van der Waals surface area contributed by atoms with Gasteiger partial charge in [0, 0.05) is 30.6 Å². The number of fused-ring (bicyclic) bond motifs is 1. The van der Waals surface area contributed by atoms with Crippen molar-refractivity contribution >= 4 is 24.6 Å². The molecule has 1 aliphatic rings. The molecular weight excluding hydrogens is 249 g/mol. The molecule has 1 aromatic heterocycles. The summed E-state index contributed by atoms with van der Waals surface area (Å²) in [6.07, 6.45) is 4.71. The second-order valence-corrected chi connectivity index (χ2v) is 5.24. The number of carbonyl (C=O) groups excluding carboxylic acids is 1. The van der Waals surface area contributed by atoms with Gasteiger partial charge in [-0.2, -0.15) is 0 Å². The molecular formula is C15H16BN3O. The van der Waals surface area contributed by atoms with E-state index in [-0.39, 0.29) is 5.81 Å². The van der Waals surface area contributed by atoms with Crippen LogP contribution in [0.25, 0.3) is 10.9 Å². The van der Waals surface area contributed by atoms with Gasteiger partial charge in [0.05, 0.1) is 5.52 Å². The molecule has 1 saturated heterocycles. The van der Waals surface area contributed by atoms with Gasteiger partial charge in [-0.15, -0.1) is 0 Å². The highest BCUT2D eigenvalue weighted by molar-refractivity contribution is 6.56. The molecule has 5 heteroatoms. The van der Waals surface area contributed by atoms with Crippen LogP contribution < -0.4 is 0 Å². The van der Waals surface area contributed by atoms with Crippen molar-refractivity contribution in [1.82, 2.24) is 14.9 Å². The summed E-state index contributed by atoms with van der Waals surface area (Å²) >= 11 is 0. The second kappa shape index (κ2) is 5.61. The van der Waals surface area contributed by atoms with Crippen molar-refractivity contribution in [2.45, 2.75) is 25.2 Å². The fraction of sp³-hybridized carbons (Fsp3) is 0.400. The first-order valence-electron chi connectivity index (χ1n) is 7.00. The Balaban J connectivity index is 1.82. The minimum atomic E-state index is -0.329. The Bertz CT molecular complexity index is 631. The molecule has 2 radical (unpaired) electrons. The summed E-state index contributed by atoms with van der Waals surface area (Å²) in [6, 6.07) is 8.00. The maximum absolute atomic E-state index is 11.2.